The van der Waals surface area contributed by atoms with Crippen molar-refractivity contribution in [1.29, 1.82) is 0 Å². The van der Waals surface area contributed by atoms with Gasteiger partial charge in [0.25, 0.3) is 17.6 Å². The molecule has 5 fully saturated rings. The molecule has 4 N–H and O–H groups in total. The van der Waals surface area contributed by atoms with Crippen LogP contribution in [0.25, 0.3) is 0 Å². The Balaban J connectivity index is 0.000000217. The van der Waals surface area contributed by atoms with E-state index in [-0.39, 0.29) is 39.6 Å². The zero-order valence-corrected chi connectivity index (χ0v) is 46.0. The van der Waals surface area contributed by atoms with Crippen LogP contribution in [-0.4, -0.2) is 169 Å². The van der Waals surface area contributed by atoms with Gasteiger partial charge in [0.05, 0.1) is 52.9 Å². The standard InChI is InChI=1S/C25H30FN2O14P.C23H28FN2O13P/c1-24-19(40-23(33-2)42-24)25(13-26,41-20(24)28-9-8-18(29)27-21(28)30)14-37-43(32,36-10-16-6-4-3-5-7-16)38-15-35-22(31)39-17-11-34-12-17;1-22(31)18(28)23(12-24,39-19(22)26-8-7-17(27)25-20(26)29)13-36-40(32,35-9-15-5-3-2-4-6-15)37-14-34-21(30)38-16-10-33-11-16/h3-9,17,19-20,23H,10-15H2,1-2H3,(H,27,29,30);2-8,16,18-19,28,31H,9-14H2,1H3,(H,25,27,29)/t19-,20+,23?,24+,25+,43?;18-,19+,22+,23+,40?/m00/s1. The van der Waals surface area contributed by atoms with Crippen molar-refractivity contribution in [3.63, 3.8) is 0 Å². The second kappa shape index (κ2) is 27.0. The van der Waals surface area contributed by atoms with E-state index in [0.717, 1.165) is 40.6 Å². The zero-order chi connectivity index (χ0) is 59.6. The Kier molecular flexibility index (Phi) is 20.5. The van der Waals surface area contributed by atoms with E-state index in [1.807, 2.05) is 4.98 Å². The van der Waals surface area contributed by atoms with Crippen molar-refractivity contribution in [3.05, 3.63) is 138 Å². The molecule has 83 heavy (non-hydrogen) atoms. The first kappa shape index (κ1) is 63.1. The van der Waals surface area contributed by atoms with Gasteiger partial charge in [-0.1, -0.05) is 60.7 Å². The van der Waals surface area contributed by atoms with Crippen LogP contribution >= 0.6 is 15.6 Å². The highest BCUT2D eigenvalue weighted by atomic mass is 31.2. The molecule has 2 aromatic carbocycles. The molecule has 3 unspecified atom stereocenters. The number of fused-ring (bicyclic) bond motifs is 1. The third kappa shape index (κ3) is 14.9. The monoisotopic (exact) mass is 1220 g/mol. The van der Waals surface area contributed by atoms with Crippen LogP contribution in [0.2, 0.25) is 0 Å². The van der Waals surface area contributed by atoms with Crippen LogP contribution in [0.3, 0.4) is 0 Å². The lowest BCUT2D eigenvalue weighted by Crippen LogP contribution is -2.53. The molecule has 11 atom stereocenters. The number of aromatic nitrogens is 4. The SMILES string of the molecule is COC1O[C@@H]2[C@@](CF)(COP(=O)(OCOC(=O)OC3COC3)OCc3ccccc3)O[C@@H](n3ccc(=O)[nH]c3=O)[C@]2(C)O1.C[C@@]1(O)[C@H](O)[C@@](CF)(COP(=O)(OCOC(=O)OC2COC2)OCc2ccccc2)O[C@H]1n1ccc(=O)[nH]c1=O. The highest BCUT2D eigenvalue weighted by molar-refractivity contribution is 7.48. The number of methoxy groups -OCH3 is 1. The molecule has 456 valence electrons. The van der Waals surface area contributed by atoms with Gasteiger partial charge in [0.2, 0.25) is 13.6 Å². The van der Waals surface area contributed by atoms with Crippen molar-refractivity contribution in [2.45, 2.75) is 92.8 Å². The zero-order valence-electron chi connectivity index (χ0n) is 44.3. The van der Waals surface area contributed by atoms with Crippen molar-refractivity contribution in [3.8, 4) is 0 Å². The Morgan fingerprint density at radius 1 is 0.651 bits per heavy atom. The predicted octanol–water partition coefficient (Wildman–Crippen LogP) is 2.50. The van der Waals surface area contributed by atoms with Gasteiger partial charge < -0.3 is 62.3 Å². The maximum Gasteiger partial charge on any atom is 0.510 e. The highest BCUT2D eigenvalue weighted by Crippen LogP contribution is 2.57. The lowest BCUT2D eigenvalue weighted by Gasteiger charge is -2.31. The number of hydrogen-bond acceptors (Lipinski definition) is 27. The summed E-state index contributed by atoms with van der Waals surface area (Å²) in [6.07, 6.45) is -7.45. The molecule has 0 aliphatic carbocycles. The third-order valence-electron chi connectivity index (χ3n) is 13.1. The molecule has 0 bridgehead atoms. The van der Waals surface area contributed by atoms with E-state index in [1.54, 1.807) is 60.7 Å². The molecule has 0 radical (unpaired) electrons. The fourth-order valence-corrected chi connectivity index (χ4v) is 10.8. The normalized spacial score (nSPS) is 29.0. The minimum absolute atomic E-state index is 0.196. The number of aliphatic hydroxyl groups is 2. The molecule has 5 aliphatic heterocycles. The number of aromatic amines is 2. The summed E-state index contributed by atoms with van der Waals surface area (Å²) < 4.78 is 148. The summed E-state index contributed by atoms with van der Waals surface area (Å²) in [6, 6.07) is 19.0. The molecule has 4 aromatic rings. The van der Waals surface area contributed by atoms with Crippen molar-refractivity contribution in [2.75, 3.05) is 73.7 Å². The Bertz CT molecular complexity index is 3190. The van der Waals surface area contributed by atoms with Crippen LogP contribution < -0.4 is 22.5 Å². The van der Waals surface area contributed by atoms with Crippen molar-refractivity contribution >= 4 is 28.0 Å². The molecule has 35 heteroatoms. The van der Waals surface area contributed by atoms with Crippen molar-refractivity contribution in [1.82, 2.24) is 19.1 Å². The summed E-state index contributed by atoms with van der Waals surface area (Å²) in [4.78, 5) is 75.8. The largest absolute Gasteiger partial charge is 0.510 e. The van der Waals surface area contributed by atoms with Crippen LogP contribution in [0.1, 0.15) is 37.4 Å². The number of phosphoric ester groups is 2. The molecule has 2 aromatic heterocycles. The van der Waals surface area contributed by atoms with Gasteiger partial charge in [-0.25, -0.2) is 46.1 Å². The first-order chi connectivity index (χ1) is 39.6. The number of benzene rings is 2. The summed E-state index contributed by atoms with van der Waals surface area (Å²) >= 11 is 0. The quantitative estimate of drug-likeness (QED) is 0.0421. The van der Waals surface area contributed by atoms with Gasteiger partial charge in [-0.2, -0.15) is 0 Å². The highest BCUT2D eigenvalue weighted by Gasteiger charge is 2.70. The van der Waals surface area contributed by atoms with Gasteiger partial charge in [0, 0.05) is 31.6 Å². The third-order valence-corrected chi connectivity index (χ3v) is 15.7. The van der Waals surface area contributed by atoms with Crippen LogP contribution in [0.5, 0.6) is 0 Å². The molecule has 0 spiro atoms. The van der Waals surface area contributed by atoms with Crippen molar-refractivity contribution < 1.29 is 117 Å². The fourth-order valence-electron chi connectivity index (χ4n) is 8.60. The average Bonchev–Trinajstić information content (AvgIpc) is 1.69. The van der Waals surface area contributed by atoms with E-state index in [9.17, 15) is 56.9 Å². The molecular formula is C48H58F2N4O27P2. The van der Waals surface area contributed by atoms with E-state index in [0.29, 0.717) is 11.1 Å². The van der Waals surface area contributed by atoms with E-state index in [4.69, 9.17) is 79.2 Å². The summed E-state index contributed by atoms with van der Waals surface area (Å²) in [6.45, 7) is -4.90. The van der Waals surface area contributed by atoms with E-state index in [1.165, 1.54) is 14.0 Å². The first-order valence-electron chi connectivity index (χ1n) is 24.9. The second-order valence-electron chi connectivity index (χ2n) is 19.1. The lowest BCUT2D eigenvalue weighted by molar-refractivity contribution is -0.282. The van der Waals surface area contributed by atoms with Gasteiger partial charge in [0.1, 0.15) is 36.8 Å². The number of rotatable bonds is 25. The number of hydrogen-bond donors (Lipinski definition) is 4. The summed E-state index contributed by atoms with van der Waals surface area (Å²) in [5, 5.41) is 21.8. The second-order valence-corrected chi connectivity index (χ2v) is 22.5. The number of phosphoric acid groups is 2. The predicted molar refractivity (Wildman–Crippen MR) is 268 cm³/mol. The van der Waals surface area contributed by atoms with E-state index < -0.39 is 156 Å². The summed E-state index contributed by atoms with van der Waals surface area (Å²) in [7, 11) is -7.99. The van der Waals surface area contributed by atoms with E-state index in [2.05, 4.69) is 4.98 Å². The number of carbonyl (C=O) groups excluding carboxylic acids is 2. The maximum atomic E-state index is 15.0. The Morgan fingerprint density at radius 3 is 1.52 bits per heavy atom. The summed E-state index contributed by atoms with van der Waals surface area (Å²) in [5.74, 6) is 0. The van der Waals surface area contributed by atoms with Gasteiger partial charge in [-0.3, -0.25) is 46.8 Å². The van der Waals surface area contributed by atoms with Gasteiger partial charge in [-0.05, 0) is 25.0 Å². The first-order valence-corrected chi connectivity index (χ1v) is 27.8. The number of nitrogens with one attached hydrogen (secondary N) is 2. The van der Waals surface area contributed by atoms with Crippen LogP contribution in [0, 0.1) is 0 Å². The number of aliphatic hydroxyl groups excluding tert-OH is 1. The molecule has 0 amide bonds. The number of halogens is 2. The molecule has 0 saturated carbocycles. The van der Waals surface area contributed by atoms with Crippen LogP contribution in [0.4, 0.5) is 18.4 Å². The lowest BCUT2D eigenvalue weighted by atomic mass is 9.88. The number of alkyl halides is 2. The van der Waals surface area contributed by atoms with Crippen LogP contribution in [-0.2, 0) is 102 Å². The molecule has 31 nitrogen and oxygen atoms in total. The number of H-pyrrole nitrogens is 2. The minimum Gasteiger partial charge on any atom is -0.426 e. The number of carbonyl (C=O) groups is 2. The fraction of sp³-hybridized carbons (Fsp3) is 0.542. The minimum atomic E-state index is -4.67. The van der Waals surface area contributed by atoms with E-state index >= 15 is 0 Å². The number of nitrogens with zero attached hydrogens (tertiary/aromatic N) is 2. The van der Waals surface area contributed by atoms with Gasteiger partial charge >= 0.3 is 39.3 Å². The Morgan fingerprint density at radius 2 is 1.10 bits per heavy atom. The Hall–Kier alpha value is -5.94. The number of ether oxygens (including phenoxy) is 11. The molecule has 5 saturated heterocycles. The molecule has 5 aliphatic rings. The summed E-state index contributed by atoms with van der Waals surface area (Å²) in [5.41, 5.74) is -10.4. The Labute approximate surface area is 467 Å². The van der Waals surface area contributed by atoms with Crippen molar-refractivity contribution in [2.24, 2.45) is 0 Å². The molecule has 9 rings (SSSR count). The topological polar surface area (TPSA) is 375 Å². The smallest absolute Gasteiger partial charge is 0.426 e. The maximum absolute atomic E-state index is 15.0. The van der Waals surface area contributed by atoms with Crippen LogP contribution in [0.15, 0.2) is 104 Å². The van der Waals surface area contributed by atoms with Gasteiger partial charge in [-0.15, -0.1) is 0 Å². The molecular weight excluding hydrogens is 1160 g/mol. The molecule has 7 heterocycles. The van der Waals surface area contributed by atoms with Gasteiger partial charge in [0.15, 0.2) is 35.9 Å². The average molecular weight is 1220 g/mol.